The fourth-order valence-electron chi connectivity index (χ4n) is 3.73. The second kappa shape index (κ2) is 9.14. The Hall–Kier alpha value is -2.11. The molecule has 1 fully saturated rings. The molecule has 3 rings (SSSR count). The van der Waals surface area contributed by atoms with Crippen molar-refractivity contribution >= 4 is 23.3 Å². The maximum Gasteiger partial charge on any atom is 0.255 e. The molecule has 1 aromatic carbocycles. The Morgan fingerprint density at radius 2 is 1.93 bits per heavy atom. The van der Waals surface area contributed by atoms with Crippen LogP contribution in [0.3, 0.4) is 0 Å². The maximum atomic E-state index is 13.0. The Kier molecular flexibility index (Phi) is 6.81. The predicted molar refractivity (Wildman–Crippen MR) is 113 cm³/mol. The zero-order chi connectivity index (χ0) is 21.1. The van der Waals surface area contributed by atoms with Gasteiger partial charge < -0.3 is 14.8 Å². The molecule has 1 aliphatic rings. The van der Waals surface area contributed by atoms with E-state index in [0.29, 0.717) is 35.6 Å². The van der Waals surface area contributed by atoms with E-state index >= 15 is 0 Å². The maximum absolute atomic E-state index is 13.0. The number of furan rings is 1. The number of hydrogen-bond donors (Lipinski definition) is 2. The molecule has 0 saturated heterocycles. The van der Waals surface area contributed by atoms with Crippen molar-refractivity contribution in [1.82, 2.24) is 5.32 Å². The molecule has 0 spiro atoms. The number of ketones is 1. The molecule has 156 valence electrons. The normalized spacial score (nSPS) is 20.3. The van der Waals surface area contributed by atoms with Crippen LogP contribution in [0.15, 0.2) is 28.7 Å². The molecule has 6 heteroatoms. The average Bonchev–Trinajstić information content (AvgIpc) is 3.16. The van der Waals surface area contributed by atoms with Crippen molar-refractivity contribution in [3.05, 3.63) is 57.5 Å². The first kappa shape index (κ1) is 21.6. The second-order valence-corrected chi connectivity index (χ2v) is 8.28. The van der Waals surface area contributed by atoms with E-state index in [1.165, 1.54) is 0 Å². The first-order chi connectivity index (χ1) is 13.8. The predicted octanol–water partition coefficient (Wildman–Crippen LogP) is 5.02. The lowest BCUT2D eigenvalue weighted by atomic mass is 9.92. The number of amides is 1. The van der Waals surface area contributed by atoms with E-state index in [4.69, 9.17) is 16.0 Å². The third-order valence-corrected chi connectivity index (χ3v) is 6.13. The van der Waals surface area contributed by atoms with Crippen LogP contribution < -0.4 is 5.32 Å². The van der Waals surface area contributed by atoms with Crippen molar-refractivity contribution in [1.29, 1.82) is 0 Å². The van der Waals surface area contributed by atoms with E-state index in [-0.39, 0.29) is 35.5 Å². The van der Waals surface area contributed by atoms with Gasteiger partial charge in [-0.2, -0.15) is 0 Å². The van der Waals surface area contributed by atoms with E-state index in [9.17, 15) is 14.7 Å². The Balaban J connectivity index is 1.90. The third-order valence-electron chi connectivity index (χ3n) is 5.72. The number of nitrogens with one attached hydrogen (secondary N) is 1. The van der Waals surface area contributed by atoms with Gasteiger partial charge in [-0.3, -0.25) is 9.59 Å². The average molecular weight is 418 g/mol. The summed E-state index contributed by atoms with van der Waals surface area (Å²) >= 11 is 6.28. The number of carbonyl (C=O) groups is 2. The minimum atomic E-state index is -0.285. The molecule has 1 unspecified atom stereocenters. The highest BCUT2D eigenvalue weighted by molar-refractivity contribution is 6.31. The van der Waals surface area contributed by atoms with Gasteiger partial charge in [0.1, 0.15) is 5.76 Å². The molecule has 1 aromatic heterocycles. The van der Waals surface area contributed by atoms with Crippen LogP contribution in [-0.4, -0.2) is 28.9 Å². The molecule has 1 aliphatic carbocycles. The van der Waals surface area contributed by atoms with Gasteiger partial charge in [-0.1, -0.05) is 37.6 Å². The summed E-state index contributed by atoms with van der Waals surface area (Å²) < 4.78 is 5.89. The number of aliphatic hydroxyl groups excluding tert-OH is 1. The number of rotatable bonds is 6. The molecular formula is C23H28ClNO4. The van der Waals surface area contributed by atoms with Crippen LogP contribution in [0.5, 0.6) is 0 Å². The molecule has 2 aromatic rings. The lowest BCUT2D eigenvalue weighted by Crippen LogP contribution is -2.38. The van der Waals surface area contributed by atoms with Crippen LogP contribution in [0, 0.1) is 6.92 Å². The monoisotopic (exact) mass is 417 g/mol. The number of halogens is 1. The van der Waals surface area contributed by atoms with Gasteiger partial charge >= 0.3 is 0 Å². The first-order valence-corrected chi connectivity index (χ1v) is 10.6. The summed E-state index contributed by atoms with van der Waals surface area (Å²) in [5.41, 5.74) is 2.28. The summed E-state index contributed by atoms with van der Waals surface area (Å²) in [7, 11) is 0. The Bertz CT molecular complexity index is 896. The fourth-order valence-corrected chi connectivity index (χ4v) is 3.92. The fraction of sp³-hybridized carbons (Fsp3) is 0.478. The lowest BCUT2D eigenvalue weighted by Gasteiger charge is -2.26. The van der Waals surface area contributed by atoms with Crippen molar-refractivity contribution in [2.24, 2.45) is 0 Å². The van der Waals surface area contributed by atoms with E-state index < -0.39 is 0 Å². The molecule has 1 saturated carbocycles. The van der Waals surface area contributed by atoms with E-state index in [1.54, 1.807) is 13.0 Å². The Morgan fingerprint density at radius 3 is 2.55 bits per heavy atom. The van der Waals surface area contributed by atoms with E-state index in [0.717, 1.165) is 24.0 Å². The molecule has 1 atom stereocenters. The Morgan fingerprint density at radius 1 is 1.24 bits per heavy atom. The number of aryl methyl sites for hydroxylation is 1. The molecule has 2 N–H and O–H groups in total. The van der Waals surface area contributed by atoms with Gasteiger partial charge in [0.05, 0.1) is 11.7 Å². The molecule has 1 amide bonds. The quantitative estimate of drug-likeness (QED) is 0.647. The van der Waals surface area contributed by atoms with Gasteiger partial charge in [0.15, 0.2) is 11.5 Å². The van der Waals surface area contributed by atoms with Crippen LogP contribution in [0.4, 0.5) is 0 Å². The summed E-state index contributed by atoms with van der Waals surface area (Å²) in [5.74, 6) is 0.0536. The molecule has 0 aliphatic heterocycles. The zero-order valence-electron chi connectivity index (χ0n) is 17.1. The van der Waals surface area contributed by atoms with Crippen molar-refractivity contribution in [2.45, 2.75) is 70.9 Å². The van der Waals surface area contributed by atoms with Gasteiger partial charge in [-0.25, -0.2) is 0 Å². The van der Waals surface area contributed by atoms with Crippen LogP contribution in [0.25, 0.3) is 0 Å². The van der Waals surface area contributed by atoms with Crippen molar-refractivity contribution in [3.63, 3.8) is 0 Å². The number of hydrogen-bond acceptors (Lipinski definition) is 4. The highest BCUT2D eigenvalue weighted by Gasteiger charge is 2.28. The molecule has 5 nitrogen and oxygen atoms in total. The summed E-state index contributed by atoms with van der Waals surface area (Å²) in [6.45, 7) is 5.64. The number of Topliss-reactive ketones (excluding diaryl/α,β-unsaturated/α-hetero) is 1. The molecule has 29 heavy (non-hydrogen) atoms. The zero-order valence-corrected chi connectivity index (χ0v) is 17.9. The van der Waals surface area contributed by atoms with Crippen molar-refractivity contribution in [2.75, 3.05) is 0 Å². The van der Waals surface area contributed by atoms with Crippen LogP contribution in [-0.2, 0) is 0 Å². The largest absolute Gasteiger partial charge is 0.456 e. The smallest absolute Gasteiger partial charge is 0.255 e. The van der Waals surface area contributed by atoms with Gasteiger partial charge in [-0.05, 0) is 49.8 Å². The summed E-state index contributed by atoms with van der Waals surface area (Å²) in [6, 6.07) is 7.33. The minimum Gasteiger partial charge on any atom is -0.456 e. The molecule has 0 bridgehead atoms. The highest BCUT2D eigenvalue weighted by atomic mass is 35.5. The van der Waals surface area contributed by atoms with Gasteiger partial charge in [0, 0.05) is 29.5 Å². The SMILES string of the molecule is CCC(=O)c1cc(C(=O)NC2CCC(O)CC2)c(C(C)c2ccc(C)c(Cl)c2)o1. The van der Waals surface area contributed by atoms with E-state index in [2.05, 4.69) is 5.32 Å². The standard InChI is InChI=1S/C23H28ClNO4/c1-4-20(27)21-12-18(23(28)25-16-7-9-17(26)10-8-16)22(29-21)14(3)15-6-5-13(2)19(24)11-15/h5-6,11-12,14,16-17,26H,4,7-10H2,1-3H3,(H,25,28). The summed E-state index contributed by atoms with van der Waals surface area (Å²) in [6.07, 6.45) is 2.86. The van der Waals surface area contributed by atoms with Crippen molar-refractivity contribution in [3.8, 4) is 0 Å². The topological polar surface area (TPSA) is 79.5 Å². The molecule has 0 radical (unpaired) electrons. The van der Waals surface area contributed by atoms with Crippen LogP contribution >= 0.6 is 11.6 Å². The highest BCUT2D eigenvalue weighted by Crippen LogP contribution is 2.32. The number of benzene rings is 1. The van der Waals surface area contributed by atoms with Gasteiger partial charge in [0.2, 0.25) is 0 Å². The lowest BCUT2D eigenvalue weighted by molar-refractivity contribution is 0.0865. The summed E-state index contributed by atoms with van der Waals surface area (Å²) in [5, 5.41) is 13.4. The van der Waals surface area contributed by atoms with E-state index in [1.807, 2.05) is 32.0 Å². The Labute approximate surface area is 176 Å². The first-order valence-electron chi connectivity index (χ1n) is 10.2. The van der Waals surface area contributed by atoms with Crippen molar-refractivity contribution < 1.29 is 19.1 Å². The van der Waals surface area contributed by atoms with Crippen LogP contribution in [0.2, 0.25) is 5.02 Å². The minimum absolute atomic E-state index is 0.0168. The van der Waals surface area contributed by atoms with Gasteiger partial charge in [0.25, 0.3) is 5.91 Å². The molecule has 1 heterocycles. The number of aliphatic hydroxyl groups is 1. The second-order valence-electron chi connectivity index (χ2n) is 7.87. The third kappa shape index (κ3) is 4.90. The molecular weight excluding hydrogens is 390 g/mol. The van der Waals surface area contributed by atoms with Gasteiger partial charge in [-0.15, -0.1) is 0 Å². The number of carbonyl (C=O) groups excluding carboxylic acids is 2. The van der Waals surface area contributed by atoms with Crippen LogP contribution in [0.1, 0.15) is 89.7 Å². The summed E-state index contributed by atoms with van der Waals surface area (Å²) in [4.78, 5) is 25.2.